The van der Waals surface area contributed by atoms with E-state index in [2.05, 4.69) is 5.10 Å². The highest BCUT2D eigenvalue weighted by atomic mass is 19.4. The molecular weight excluding hydrogens is 361 g/mol. The smallest absolute Gasteiger partial charge is 0.438 e. The number of aryl methyl sites for hydroxylation is 1. The fourth-order valence-corrected chi connectivity index (χ4v) is 2.74. The lowest BCUT2D eigenvalue weighted by Gasteiger charge is -2.32. The van der Waals surface area contributed by atoms with Gasteiger partial charge in [-0.2, -0.15) is 23.3 Å². The zero-order valence-corrected chi connectivity index (χ0v) is 14.4. The van der Waals surface area contributed by atoms with E-state index in [-0.39, 0.29) is 10.7 Å². The van der Waals surface area contributed by atoms with Gasteiger partial charge in [-0.25, -0.2) is 0 Å². The van der Waals surface area contributed by atoms with Crippen molar-refractivity contribution in [2.75, 3.05) is 6.61 Å². The number of nitrogens with zero attached hydrogens (tertiary/aromatic N) is 2. The van der Waals surface area contributed by atoms with Crippen LogP contribution in [0.25, 0.3) is 0 Å². The predicted molar refractivity (Wildman–Crippen MR) is 92.1 cm³/mol. The van der Waals surface area contributed by atoms with Gasteiger partial charge in [-0.15, -0.1) is 0 Å². The molecule has 2 aromatic rings. The van der Waals surface area contributed by atoms with E-state index in [1.807, 2.05) is 0 Å². The quantitative estimate of drug-likeness (QED) is 0.888. The summed E-state index contributed by atoms with van der Waals surface area (Å²) >= 11 is 0. The minimum absolute atomic E-state index is 0.0281. The first-order valence-electron chi connectivity index (χ1n) is 8.16. The Morgan fingerprint density at radius 1 is 1.19 bits per heavy atom. The summed E-state index contributed by atoms with van der Waals surface area (Å²) in [6, 6.07) is 14.9. The van der Waals surface area contributed by atoms with Crippen LogP contribution in [0.3, 0.4) is 0 Å². The van der Waals surface area contributed by atoms with Gasteiger partial charge in [0.1, 0.15) is 5.75 Å². The molecular formula is C19H17F3N2O3. The second-order valence-corrected chi connectivity index (χ2v) is 6.16. The van der Waals surface area contributed by atoms with Crippen molar-refractivity contribution in [1.29, 1.82) is 0 Å². The standard InChI is InChI=1S/C19H17F3N2O3/c1-13-7-5-6-10-16(13)27-12-17(25)24-18(26,19(20,21)22)11-15(23-24)14-8-3-2-4-9-14/h2-10,26H,11-12H2,1H3. The van der Waals surface area contributed by atoms with E-state index in [0.717, 1.165) is 5.56 Å². The van der Waals surface area contributed by atoms with Gasteiger partial charge < -0.3 is 9.84 Å². The Hall–Kier alpha value is -2.87. The molecule has 1 N–H and O–H groups in total. The number of rotatable bonds is 4. The molecule has 1 unspecified atom stereocenters. The fraction of sp³-hybridized carbons (Fsp3) is 0.263. The van der Waals surface area contributed by atoms with Crippen LogP contribution in [0.15, 0.2) is 59.7 Å². The average Bonchev–Trinajstić information content (AvgIpc) is 3.01. The summed E-state index contributed by atoms with van der Waals surface area (Å²) in [5.41, 5.74) is -2.31. The van der Waals surface area contributed by atoms with Crippen LogP contribution in [0.1, 0.15) is 17.5 Å². The molecule has 1 amide bonds. The van der Waals surface area contributed by atoms with Crippen molar-refractivity contribution in [2.45, 2.75) is 25.2 Å². The number of hydrogen-bond donors (Lipinski definition) is 1. The fourth-order valence-electron chi connectivity index (χ4n) is 2.74. The lowest BCUT2D eigenvalue weighted by atomic mass is 10.0. The Bertz CT molecular complexity index is 868. The number of alkyl halides is 3. The number of carbonyl (C=O) groups is 1. The Morgan fingerprint density at radius 2 is 1.81 bits per heavy atom. The van der Waals surface area contributed by atoms with Crippen LogP contribution in [-0.2, 0) is 4.79 Å². The van der Waals surface area contributed by atoms with Crippen LogP contribution >= 0.6 is 0 Å². The molecule has 2 aromatic carbocycles. The summed E-state index contributed by atoms with van der Waals surface area (Å²) in [6.45, 7) is 1.06. The van der Waals surface area contributed by atoms with E-state index in [1.165, 1.54) is 0 Å². The molecule has 142 valence electrons. The SMILES string of the molecule is Cc1ccccc1OCC(=O)N1N=C(c2ccccc2)CC1(O)C(F)(F)F. The van der Waals surface area contributed by atoms with Gasteiger partial charge in [-0.05, 0) is 24.1 Å². The lowest BCUT2D eigenvalue weighted by molar-refractivity contribution is -0.302. The van der Waals surface area contributed by atoms with E-state index in [4.69, 9.17) is 4.74 Å². The maximum absolute atomic E-state index is 13.5. The molecule has 0 saturated heterocycles. The molecule has 0 radical (unpaired) electrons. The summed E-state index contributed by atoms with van der Waals surface area (Å²) in [7, 11) is 0. The van der Waals surface area contributed by atoms with E-state index in [9.17, 15) is 23.1 Å². The van der Waals surface area contributed by atoms with Crippen molar-refractivity contribution in [3.8, 4) is 5.75 Å². The van der Waals surface area contributed by atoms with Crippen LogP contribution in [0.4, 0.5) is 13.2 Å². The van der Waals surface area contributed by atoms with Crippen LogP contribution in [0.2, 0.25) is 0 Å². The minimum Gasteiger partial charge on any atom is -0.483 e. The molecule has 8 heteroatoms. The van der Waals surface area contributed by atoms with Crippen molar-refractivity contribution in [3.05, 3.63) is 65.7 Å². The first-order chi connectivity index (χ1) is 12.7. The molecule has 1 heterocycles. The summed E-state index contributed by atoms with van der Waals surface area (Å²) in [5, 5.41) is 14.1. The van der Waals surface area contributed by atoms with Gasteiger partial charge in [0.25, 0.3) is 11.6 Å². The Balaban J connectivity index is 1.85. The van der Waals surface area contributed by atoms with Crippen molar-refractivity contribution < 1.29 is 27.8 Å². The summed E-state index contributed by atoms with van der Waals surface area (Å²) in [4.78, 5) is 12.4. The number of benzene rings is 2. The predicted octanol–water partition coefficient (Wildman–Crippen LogP) is 3.26. The maximum atomic E-state index is 13.5. The number of amides is 1. The molecule has 1 aliphatic heterocycles. The normalized spacial score (nSPS) is 19.7. The van der Waals surface area contributed by atoms with E-state index in [0.29, 0.717) is 11.3 Å². The molecule has 1 atom stereocenters. The van der Waals surface area contributed by atoms with Gasteiger partial charge in [-0.3, -0.25) is 4.79 Å². The average molecular weight is 378 g/mol. The van der Waals surface area contributed by atoms with Crippen LogP contribution < -0.4 is 4.74 Å². The number of carbonyl (C=O) groups excluding carboxylic acids is 1. The molecule has 5 nitrogen and oxygen atoms in total. The molecule has 0 bridgehead atoms. The number of halogens is 3. The summed E-state index contributed by atoms with van der Waals surface area (Å²) in [5.74, 6) is -0.725. The number of hydrogen-bond acceptors (Lipinski definition) is 4. The van der Waals surface area contributed by atoms with Gasteiger partial charge in [0.05, 0.1) is 12.1 Å². The highest BCUT2D eigenvalue weighted by Crippen LogP contribution is 2.41. The Labute approximate surface area is 153 Å². The highest BCUT2D eigenvalue weighted by molar-refractivity contribution is 6.03. The van der Waals surface area contributed by atoms with Crippen molar-refractivity contribution in [2.24, 2.45) is 5.10 Å². The first-order valence-corrected chi connectivity index (χ1v) is 8.16. The van der Waals surface area contributed by atoms with Crippen molar-refractivity contribution in [1.82, 2.24) is 5.01 Å². The Kier molecular flexibility index (Phi) is 4.93. The van der Waals surface area contributed by atoms with Crippen LogP contribution in [0.5, 0.6) is 5.75 Å². The topological polar surface area (TPSA) is 62.1 Å². The summed E-state index contributed by atoms with van der Waals surface area (Å²) < 4.78 is 45.9. The zero-order chi connectivity index (χ0) is 19.7. The molecule has 0 aromatic heterocycles. The molecule has 0 saturated carbocycles. The number of ether oxygens (including phenoxy) is 1. The van der Waals surface area contributed by atoms with E-state index >= 15 is 0 Å². The third-order valence-corrected chi connectivity index (χ3v) is 4.23. The first kappa shape index (κ1) is 18.9. The van der Waals surface area contributed by atoms with Crippen molar-refractivity contribution >= 4 is 11.6 Å². The lowest BCUT2D eigenvalue weighted by Crippen LogP contribution is -2.57. The van der Waals surface area contributed by atoms with Gasteiger partial charge in [0.15, 0.2) is 6.61 Å². The monoisotopic (exact) mass is 378 g/mol. The van der Waals surface area contributed by atoms with Crippen LogP contribution in [-0.4, -0.2) is 40.2 Å². The largest absolute Gasteiger partial charge is 0.483 e. The molecule has 3 rings (SSSR count). The maximum Gasteiger partial charge on any atom is 0.438 e. The van der Waals surface area contributed by atoms with Gasteiger partial charge in [-0.1, -0.05) is 48.5 Å². The number of para-hydroxylation sites is 1. The van der Waals surface area contributed by atoms with E-state index in [1.54, 1.807) is 61.5 Å². The van der Waals surface area contributed by atoms with Crippen LogP contribution in [0, 0.1) is 6.92 Å². The zero-order valence-electron chi connectivity index (χ0n) is 14.4. The number of aliphatic hydroxyl groups is 1. The van der Waals surface area contributed by atoms with Gasteiger partial charge >= 0.3 is 6.18 Å². The van der Waals surface area contributed by atoms with Gasteiger partial charge in [0, 0.05) is 0 Å². The Morgan fingerprint density at radius 3 is 2.44 bits per heavy atom. The number of hydrazone groups is 1. The molecule has 1 aliphatic rings. The highest BCUT2D eigenvalue weighted by Gasteiger charge is 2.63. The molecule has 0 aliphatic carbocycles. The van der Waals surface area contributed by atoms with E-state index < -0.39 is 30.8 Å². The third kappa shape index (κ3) is 3.66. The second-order valence-electron chi connectivity index (χ2n) is 6.16. The molecule has 0 spiro atoms. The van der Waals surface area contributed by atoms with Gasteiger partial charge in [0.2, 0.25) is 0 Å². The molecule has 27 heavy (non-hydrogen) atoms. The minimum atomic E-state index is -5.08. The molecule has 0 fully saturated rings. The second kappa shape index (κ2) is 7.03. The summed E-state index contributed by atoms with van der Waals surface area (Å²) in [6.07, 6.45) is -5.93. The van der Waals surface area contributed by atoms with Crippen molar-refractivity contribution in [3.63, 3.8) is 0 Å². The third-order valence-electron chi connectivity index (χ3n) is 4.23.